The van der Waals surface area contributed by atoms with E-state index in [-0.39, 0.29) is 23.8 Å². The van der Waals surface area contributed by atoms with Gasteiger partial charge in [0.25, 0.3) is 0 Å². The van der Waals surface area contributed by atoms with Crippen LogP contribution < -0.4 is 10.6 Å². The molecule has 1 rings (SSSR count). The Kier molecular flexibility index (Phi) is 4.55. The zero-order chi connectivity index (χ0) is 9.68. The molecule has 5 heteroatoms. The summed E-state index contributed by atoms with van der Waals surface area (Å²) in [5.74, 6) is 1.00. The van der Waals surface area contributed by atoms with Crippen LogP contribution in [-0.4, -0.2) is 47.8 Å². The van der Waals surface area contributed by atoms with E-state index in [2.05, 4.69) is 10.6 Å². The maximum atomic E-state index is 11.5. The molecule has 0 aromatic carbocycles. The summed E-state index contributed by atoms with van der Waals surface area (Å²) in [5, 5.41) is 14.7. The maximum Gasteiger partial charge on any atom is 0.234 e. The fourth-order valence-electron chi connectivity index (χ4n) is 1.12. The molecule has 1 fully saturated rings. The molecule has 4 nitrogen and oxygen atoms in total. The number of hydrogen-bond donors (Lipinski definition) is 3. The van der Waals surface area contributed by atoms with Crippen molar-refractivity contribution in [2.45, 2.75) is 18.2 Å². The van der Waals surface area contributed by atoms with Gasteiger partial charge in [0.2, 0.25) is 5.91 Å². The normalized spacial score (nSPS) is 25.2. The fraction of sp³-hybridized carbons (Fsp3) is 0.875. The van der Waals surface area contributed by atoms with Gasteiger partial charge in [0.05, 0.1) is 11.9 Å². The SMILES string of the molecule is C[C@H](CO)NC(=O)C1CNCCS1. The van der Waals surface area contributed by atoms with Crippen LogP contribution in [0.1, 0.15) is 6.92 Å². The Morgan fingerprint density at radius 3 is 3.15 bits per heavy atom. The third-order valence-electron chi connectivity index (χ3n) is 1.88. The smallest absolute Gasteiger partial charge is 0.234 e. The molecule has 0 aromatic rings. The van der Waals surface area contributed by atoms with Crippen molar-refractivity contribution in [1.82, 2.24) is 10.6 Å². The minimum absolute atomic E-state index is 0.00255. The Bertz CT molecular complexity index is 172. The fourth-order valence-corrected chi connectivity index (χ4v) is 2.12. The second kappa shape index (κ2) is 5.47. The Morgan fingerprint density at radius 1 is 1.85 bits per heavy atom. The van der Waals surface area contributed by atoms with Crippen LogP contribution in [0.3, 0.4) is 0 Å². The summed E-state index contributed by atoms with van der Waals surface area (Å²) in [4.78, 5) is 11.5. The molecule has 0 spiro atoms. The summed E-state index contributed by atoms with van der Waals surface area (Å²) in [6.45, 7) is 3.49. The van der Waals surface area contributed by atoms with Gasteiger partial charge < -0.3 is 15.7 Å². The summed E-state index contributed by atoms with van der Waals surface area (Å²) in [6, 6.07) is -0.143. The summed E-state index contributed by atoms with van der Waals surface area (Å²) in [7, 11) is 0. The second-order valence-electron chi connectivity index (χ2n) is 3.16. The van der Waals surface area contributed by atoms with Crippen LogP contribution in [0.15, 0.2) is 0 Å². The second-order valence-corrected chi connectivity index (χ2v) is 4.47. The minimum Gasteiger partial charge on any atom is -0.394 e. The van der Waals surface area contributed by atoms with E-state index in [1.54, 1.807) is 18.7 Å². The van der Waals surface area contributed by atoms with E-state index in [1.807, 2.05) is 0 Å². The standard InChI is InChI=1S/C8H16N2O2S/c1-6(5-11)10-8(12)7-4-9-2-3-13-7/h6-7,9,11H,2-5H2,1H3,(H,10,12)/t6-,7?/m1/s1. The van der Waals surface area contributed by atoms with Crippen molar-refractivity contribution in [3.05, 3.63) is 0 Å². The van der Waals surface area contributed by atoms with Gasteiger partial charge in [-0.15, -0.1) is 11.8 Å². The van der Waals surface area contributed by atoms with Gasteiger partial charge in [-0.2, -0.15) is 0 Å². The molecule has 0 aliphatic carbocycles. The van der Waals surface area contributed by atoms with Crippen molar-refractivity contribution in [3.8, 4) is 0 Å². The third-order valence-corrected chi connectivity index (χ3v) is 3.11. The van der Waals surface area contributed by atoms with Crippen LogP contribution in [0.4, 0.5) is 0 Å². The predicted octanol–water partition coefficient (Wildman–Crippen LogP) is -0.812. The first-order valence-corrected chi connectivity index (χ1v) is 5.52. The van der Waals surface area contributed by atoms with Crippen LogP contribution in [0.2, 0.25) is 0 Å². The number of carbonyl (C=O) groups excluding carboxylic acids is 1. The molecule has 3 N–H and O–H groups in total. The molecule has 13 heavy (non-hydrogen) atoms. The van der Waals surface area contributed by atoms with Gasteiger partial charge in [-0.3, -0.25) is 4.79 Å². The van der Waals surface area contributed by atoms with E-state index in [9.17, 15) is 4.79 Å². The molecular formula is C8H16N2O2S. The van der Waals surface area contributed by atoms with Gasteiger partial charge in [0.1, 0.15) is 0 Å². The van der Waals surface area contributed by atoms with E-state index in [0.29, 0.717) is 0 Å². The number of nitrogens with one attached hydrogen (secondary N) is 2. The summed E-state index contributed by atoms with van der Waals surface area (Å²) in [5.41, 5.74) is 0. The van der Waals surface area contributed by atoms with Crippen molar-refractivity contribution < 1.29 is 9.90 Å². The Morgan fingerprint density at radius 2 is 2.62 bits per heavy atom. The number of thioether (sulfide) groups is 1. The monoisotopic (exact) mass is 204 g/mol. The Balaban J connectivity index is 2.29. The van der Waals surface area contributed by atoms with E-state index in [1.165, 1.54) is 0 Å². The van der Waals surface area contributed by atoms with Gasteiger partial charge in [-0.1, -0.05) is 0 Å². The zero-order valence-corrected chi connectivity index (χ0v) is 8.56. The molecule has 0 bridgehead atoms. The average molecular weight is 204 g/mol. The van der Waals surface area contributed by atoms with Gasteiger partial charge >= 0.3 is 0 Å². The number of aliphatic hydroxyl groups excluding tert-OH is 1. The van der Waals surface area contributed by atoms with Gasteiger partial charge in [-0.05, 0) is 6.92 Å². The summed E-state index contributed by atoms with van der Waals surface area (Å²) < 4.78 is 0. The molecule has 1 amide bonds. The van der Waals surface area contributed by atoms with Crippen molar-refractivity contribution in [3.63, 3.8) is 0 Å². The summed E-state index contributed by atoms with van der Waals surface area (Å²) in [6.07, 6.45) is 0. The number of amides is 1. The number of rotatable bonds is 3. The highest BCUT2D eigenvalue weighted by atomic mass is 32.2. The molecule has 1 aliphatic heterocycles. The molecular weight excluding hydrogens is 188 g/mol. The van der Waals surface area contributed by atoms with Gasteiger partial charge in [0, 0.05) is 24.9 Å². The Labute approximate surface area is 82.5 Å². The summed E-state index contributed by atoms with van der Waals surface area (Å²) >= 11 is 1.67. The quantitative estimate of drug-likeness (QED) is 0.562. The first-order chi connectivity index (χ1) is 6.24. The molecule has 0 radical (unpaired) electrons. The molecule has 0 saturated carbocycles. The van der Waals surface area contributed by atoms with Crippen molar-refractivity contribution >= 4 is 17.7 Å². The molecule has 0 aromatic heterocycles. The topological polar surface area (TPSA) is 61.4 Å². The number of carbonyl (C=O) groups is 1. The van der Waals surface area contributed by atoms with E-state index >= 15 is 0 Å². The van der Waals surface area contributed by atoms with Crippen LogP contribution in [0, 0.1) is 0 Å². The largest absolute Gasteiger partial charge is 0.394 e. The first kappa shape index (κ1) is 10.8. The van der Waals surface area contributed by atoms with Gasteiger partial charge in [0.15, 0.2) is 0 Å². The van der Waals surface area contributed by atoms with Crippen molar-refractivity contribution in [2.75, 3.05) is 25.4 Å². The van der Waals surface area contributed by atoms with Crippen LogP contribution >= 0.6 is 11.8 Å². The highest BCUT2D eigenvalue weighted by molar-refractivity contribution is 8.00. The Hall–Kier alpha value is -0.260. The lowest BCUT2D eigenvalue weighted by molar-refractivity contribution is -0.121. The van der Waals surface area contributed by atoms with Gasteiger partial charge in [-0.25, -0.2) is 0 Å². The zero-order valence-electron chi connectivity index (χ0n) is 7.75. The molecule has 1 saturated heterocycles. The van der Waals surface area contributed by atoms with Crippen molar-refractivity contribution in [2.24, 2.45) is 0 Å². The molecule has 2 atom stereocenters. The lowest BCUT2D eigenvalue weighted by Crippen LogP contribution is -2.46. The van der Waals surface area contributed by atoms with Crippen LogP contribution in [0.25, 0.3) is 0 Å². The highest BCUT2D eigenvalue weighted by Gasteiger charge is 2.22. The maximum absolute atomic E-state index is 11.5. The third kappa shape index (κ3) is 3.54. The molecule has 1 unspecified atom stereocenters. The number of hydrogen-bond acceptors (Lipinski definition) is 4. The molecule has 1 heterocycles. The van der Waals surface area contributed by atoms with E-state index in [4.69, 9.17) is 5.11 Å². The lowest BCUT2D eigenvalue weighted by atomic mass is 10.3. The highest BCUT2D eigenvalue weighted by Crippen LogP contribution is 2.13. The predicted molar refractivity (Wildman–Crippen MR) is 53.8 cm³/mol. The first-order valence-electron chi connectivity index (χ1n) is 4.47. The van der Waals surface area contributed by atoms with Crippen LogP contribution in [-0.2, 0) is 4.79 Å². The van der Waals surface area contributed by atoms with E-state index in [0.717, 1.165) is 18.8 Å². The molecule has 1 aliphatic rings. The number of aliphatic hydroxyl groups is 1. The van der Waals surface area contributed by atoms with Crippen molar-refractivity contribution in [1.29, 1.82) is 0 Å². The lowest BCUT2D eigenvalue weighted by Gasteiger charge is -2.23. The molecule has 76 valence electrons. The van der Waals surface area contributed by atoms with Crippen LogP contribution in [0.5, 0.6) is 0 Å². The minimum atomic E-state index is -0.143. The van der Waals surface area contributed by atoms with E-state index < -0.39 is 0 Å². The average Bonchev–Trinajstić information content (AvgIpc) is 2.19.